The van der Waals surface area contributed by atoms with Crippen LogP contribution in [-0.2, 0) is 15.6 Å². The maximum atomic E-state index is 13.1. The maximum Gasteiger partial charge on any atom is 0.175 e. The number of halogens is 1. The van der Waals surface area contributed by atoms with Gasteiger partial charge in [0.1, 0.15) is 5.82 Å². The summed E-state index contributed by atoms with van der Waals surface area (Å²) < 4.78 is 35.8. The average molecular weight is 311 g/mol. The van der Waals surface area contributed by atoms with Gasteiger partial charge in [-0.05, 0) is 48.0 Å². The Morgan fingerprint density at radius 2 is 1.80 bits per heavy atom. The fourth-order valence-electron chi connectivity index (χ4n) is 1.64. The summed E-state index contributed by atoms with van der Waals surface area (Å²) in [5, 5.41) is 0. The summed E-state index contributed by atoms with van der Waals surface area (Å²) in [5.74, 6) is 0.212. The molecule has 0 radical (unpaired) electrons. The van der Waals surface area contributed by atoms with Crippen LogP contribution in [-0.4, -0.2) is 14.7 Å². The van der Waals surface area contributed by atoms with Gasteiger partial charge in [0, 0.05) is 22.6 Å². The molecule has 0 bridgehead atoms. The Labute approximate surface area is 121 Å². The van der Waals surface area contributed by atoms with E-state index in [4.69, 9.17) is 5.73 Å². The fraction of sp³-hybridized carbons (Fsp3) is 0.143. The zero-order valence-corrected chi connectivity index (χ0v) is 12.5. The Balaban J connectivity index is 2.10. The molecule has 0 aliphatic carbocycles. The molecule has 0 unspecified atom stereocenters. The van der Waals surface area contributed by atoms with Crippen LogP contribution in [0.1, 0.15) is 5.56 Å². The lowest BCUT2D eigenvalue weighted by Crippen LogP contribution is -1.96. The molecule has 0 aliphatic heterocycles. The number of sulfone groups is 1. The van der Waals surface area contributed by atoms with Crippen molar-refractivity contribution in [1.82, 2.24) is 0 Å². The monoisotopic (exact) mass is 311 g/mol. The van der Waals surface area contributed by atoms with Crippen LogP contribution in [0.4, 0.5) is 10.1 Å². The second-order valence-corrected chi connectivity index (χ2v) is 7.44. The highest BCUT2D eigenvalue weighted by molar-refractivity contribution is 7.98. The van der Waals surface area contributed by atoms with Crippen LogP contribution in [0.25, 0.3) is 0 Å². The lowest BCUT2D eigenvalue weighted by Gasteiger charge is -2.06. The first-order chi connectivity index (χ1) is 9.36. The van der Waals surface area contributed by atoms with Gasteiger partial charge in [-0.2, -0.15) is 0 Å². The smallest absolute Gasteiger partial charge is 0.175 e. The van der Waals surface area contributed by atoms with Gasteiger partial charge in [-0.1, -0.05) is 0 Å². The largest absolute Gasteiger partial charge is 0.398 e. The zero-order valence-electron chi connectivity index (χ0n) is 10.8. The van der Waals surface area contributed by atoms with Gasteiger partial charge in [-0.3, -0.25) is 0 Å². The van der Waals surface area contributed by atoms with E-state index in [1.54, 1.807) is 24.3 Å². The third kappa shape index (κ3) is 3.74. The number of hydrogen-bond donors (Lipinski definition) is 1. The van der Waals surface area contributed by atoms with Crippen molar-refractivity contribution in [3.05, 3.63) is 53.8 Å². The van der Waals surface area contributed by atoms with E-state index in [0.29, 0.717) is 11.4 Å². The van der Waals surface area contributed by atoms with E-state index in [1.807, 2.05) is 0 Å². The van der Waals surface area contributed by atoms with Gasteiger partial charge < -0.3 is 5.73 Å². The number of thioether (sulfide) groups is 1. The molecule has 0 aromatic heterocycles. The highest BCUT2D eigenvalue weighted by Gasteiger charge is 2.07. The minimum Gasteiger partial charge on any atom is -0.398 e. The third-order valence-electron chi connectivity index (χ3n) is 2.75. The van der Waals surface area contributed by atoms with Crippen molar-refractivity contribution < 1.29 is 12.8 Å². The van der Waals surface area contributed by atoms with E-state index in [0.717, 1.165) is 10.5 Å². The van der Waals surface area contributed by atoms with Crippen molar-refractivity contribution in [2.24, 2.45) is 0 Å². The summed E-state index contributed by atoms with van der Waals surface area (Å²) in [7, 11) is -3.18. The number of benzene rings is 2. The molecule has 2 aromatic rings. The number of anilines is 1. The Bertz CT molecular complexity index is 712. The molecule has 0 heterocycles. The van der Waals surface area contributed by atoms with Gasteiger partial charge in [0.25, 0.3) is 0 Å². The lowest BCUT2D eigenvalue weighted by atomic mass is 10.2. The third-order valence-corrected chi connectivity index (χ3v) is 4.94. The van der Waals surface area contributed by atoms with Crippen molar-refractivity contribution >= 4 is 27.3 Å². The van der Waals surface area contributed by atoms with Crippen LogP contribution in [0.15, 0.2) is 52.3 Å². The molecular formula is C14H14FNO2S2. The minimum absolute atomic E-state index is 0.284. The lowest BCUT2D eigenvalue weighted by molar-refractivity contribution is 0.602. The van der Waals surface area contributed by atoms with Gasteiger partial charge in [-0.15, -0.1) is 11.8 Å². The summed E-state index contributed by atoms with van der Waals surface area (Å²) in [6, 6.07) is 10.9. The number of hydrogen-bond acceptors (Lipinski definition) is 4. The number of rotatable bonds is 4. The van der Waals surface area contributed by atoms with E-state index in [2.05, 4.69) is 0 Å². The predicted molar refractivity (Wildman–Crippen MR) is 79.9 cm³/mol. The Morgan fingerprint density at radius 3 is 2.40 bits per heavy atom. The fourth-order valence-corrected chi connectivity index (χ4v) is 3.17. The van der Waals surface area contributed by atoms with Crippen molar-refractivity contribution in [2.45, 2.75) is 15.5 Å². The van der Waals surface area contributed by atoms with Gasteiger partial charge in [0.15, 0.2) is 9.84 Å². The standard InChI is InChI=1S/C14H14FNO2S2/c1-20(17,18)13-5-3-12(4-6-13)19-9-10-8-11(15)2-7-14(10)16/h2-8H,9,16H2,1H3. The summed E-state index contributed by atoms with van der Waals surface area (Å²) in [4.78, 5) is 1.19. The summed E-state index contributed by atoms with van der Waals surface area (Å²) in [6.07, 6.45) is 1.17. The molecule has 2 N–H and O–H groups in total. The normalized spacial score (nSPS) is 11.5. The highest BCUT2D eigenvalue weighted by atomic mass is 32.2. The van der Waals surface area contributed by atoms with Gasteiger partial charge >= 0.3 is 0 Å². The SMILES string of the molecule is CS(=O)(=O)c1ccc(SCc2cc(F)ccc2N)cc1. The molecule has 0 saturated carbocycles. The first-order valence-electron chi connectivity index (χ1n) is 5.83. The van der Waals surface area contributed by atoms with Crippen LogP contribution in [0.5, 0.6) is 0 Å². The molecule has 0 aliphatic rings. The Hall–Kier alpha value is -1.53. The van der Waals surface area contributed by atoms with Crippen LogP contribution < -0.4 is 5.73 Å². The molecular weight excluding hydrogens is 297 g/mol. The van der Waals surface area contributed by atoms with Crippen molar-refractivity contribution in [3.8, 4) is 0 Å². The van der Waals surface area contributed by atoms with Gasteiger partial charge in [-0.25, -0.2) is 12.8 Å². The number of nitrogens with two attached hydrogens (primary N) is 1. The zero-order chi connectivity index (χ0) is 14.8. The molecule has 3 nitrogen and oxygen atoms in total. The van der Waals surface area contributed by atoms with Gasteiger partial charge in [0.2, 0.25) is 0 Å². The molecule has 0 saturated heterocycles. The quantitative estimate of drug-likeness (QED) is 0.696. The molecule has 0 spiro atoms. The first-order valence-corrected chi connectivity index (χ1v) is 8.71. The minimum atomic E-state index is -3.18. The first kappa shape index (κ1) is 14.9. The van der Waals surface area contributed by atoms with E-state index in [9.17, 15) is 12.8 Å². The summed E-state index contributed by atoms with van der Waals surface area (Å²) in [6.45, 7) is 0. The van der Waals surface area contributed by atoms with Crippen LogP contribution in [0.3, 0.4) is 0 Å². The number of nitrogen functional groups attached to an aromatic ring is 1. The highest BCUT2D eigenvalue weighted by Crippen LogP contribution is 2.26. The van der Waals surface area contributed by atoms with E-state index in [-0.39, 0.29) is 10.7 Å². The molecule has 2 aromatic carbocycles. The molecule has 0 fully saturated rings. The van der Waals surface area contributed by atoms with Crippen molar-refractivity contribution in [1.29, 1.82) is 0 Å². The average Bonchev–Trinajstić information content (AvgIpc) is 2.39. The van der Waals surface area contributed by atoms with Crippen molar-refractivity contribution in [3.63, 3.8) is 0 Å². The molecule has 0 atom stereocenters. The summed E-state index contributed by atoms with van der Waals surface area (Å²) in [5.41, 5.74) is 7.05. The maximum absolute atomic E-state index is 13.1. The van der Waals surface area contributed by atoms with Crippen LogP contribution >= 0.6 is 11.8 Å². The second-order valence-electron chi connectivity index (χ2n) is 4.38. The van der Waals surface area contributed by atoms with E-state index >= 15 is 0 Å². The van der Waals surface area contributed by atoms with Crippen molar-refractivity contribution in [2.75, 3.05) is 12.0 Å². The molecule has 2 rings (SSSR count). The summed E-state index contributed by atoms with van der Waals surface area (Å²) >= 11 is 1.47. The van der Waals surface area contributed by atoms with Crippen LogP contribution in [0.2, 0.25) is 0 Å². The topological polar surface area (TPSA) is 60.2 Å². The Morgan fingerprint density at radius 1 is 1.15 bits per heavy atom. The predicted octanol–water partition coefficient (Wildman–Crippen LogP) is 3.10. The van der Waals surface area contributed by atoms with Gasteiger partial charge in [0.05, 0.1) is 4.90 Å². The second kappa shape index (κ2) is 5.85. The van der Waals surface area contributed by atoms with E-state index < -0.39 is 9.84 Å². The molecule has 6 heteroatoms. The Kier molecular flexibility index (Phi) is 4.35. The van der Waals surface area contributed by atoms with E-state index in [1.165, 1.54) is 36.2 Å². The molecule has 106 valence electrons. The van der Waals surface area contributed by atoms with Crippen LogP contribution in [0, 0.1) is 5.82 Å². The molecule has 20 heavy (non-hydrogen) atoms. The molecule has 0 amide bonds.